The van der Waals surface area contributed by atoms with Crippen molar-refractivity contribution in [1.82, 2.24) is 20.1 Å². The first-order chi connectivity index (χ1) is 13.5. The van der Waals surface area contributed by atoms with Gasteiger partial charge in [0, 0.05) is 30.4 Å². The lowest BCUT2D eigenvalue weighted by molar-refractivity contribution is 0.0930. The number of carbonyl (C=O) groups excluding carboxylic acids is 1. The molecule has 0 radical (unpaired) electrons. The quantitative estimate of drug-likeness (QED) is 0.745. The molecule has 3 aromatic rings. The lowest BCUT2D eigenvalue weighted by Crippen LogP contribution is -2.30. The summed E-state index contributed by atoms with van der Waals surface area (Å²) in [5.74, 6) is 0.304. The molecule has 1 aliphatic rings. The molecule has 1 atom stereocenters. The predicted octanol–water partition coefficient (Wildman–Crippen LogP) is 3.03. The van der Waals surface area contributed by atoms with Gasteiger partial charge in [0.25, 0.3) is 11.5 Å². The number of rotatable bonds is 5. The molecule has 1 aliphatic carbocycles. The van der Waals surface area contributed by atoms with Crippen LogP contribution in [0.25, 0.3) is 11.3 Å². The number of hydrogen-bond donors (Lipinski definition) is 1. The van der Waals surface area contributed by atoms with Crippen molar-refractivity contribution in [3.8, 4) is 11.3 Å². The fourth-order valence-electron chi connectivity index (χ4n) is 3.29. The van der Waals surface area contributed by atoms with Gasteiger partial charge in [0.1, 0.15) is 0 Å². The molecular formula is C22H22N4O2. The fourth-order valence-corrected chi connectivity index (χ4v) is 3.29. The smallest absolute Gasteiger partial charge is 0.266 e. The summed E-state index contributed by atoms with van der Waals surface area (Å²) in [4.78, 5) is 29.0. The molecule has 0 unspecified atom stereocenters. The summed E-state index contributed by atoms with van der Waals surface area (Å²) in [5, 5.41) is 7.42. The zero-order chi connectivity index (χ0) is 19.7. The van der Waals surface area contributed by atoms with Crippen molar-refractivity contribution in [3.63, 3.8) is 0 Å². The minimum absolute atomic E-state index is 0.0771. The van der Waals surface area contributed by atoms with Crippen molar-refractivity contribution >= 4 is 5.91 Å². The summed E-state index contributed by atoms with van der Waals surface area (Å²) >= 11 is 0. The van der Waals surface area contributed by atoms with Crippen LogP contribution in [0, 0.1) is 12.8 Å². The van der Waals surface area contributed by atoms with E-state index < -0.39 is 0 Å². The Bertz CT molecular complexity index is 1090. The SMILES string of the molecule is Cc1ccnc([C@H](NC(=O)c2cccc(-c3ccc(=O)n(C)n3)c2)C2CC2)c1. The number of nitrogens with one attached hydrogen (secondary N) is 1. The van der Waals surface area contributed by atoms with Crippen LogP contribution in [-0.2, 0) is 7.05 Å². The number of carbonyl (C=O) groups is 1. The predicted molar refractivity (Wildman–Crippen MR) is 107 cm³/mol. The zero-order valence-corrected chi connectivity index (χ0v) is 15.9. The second-order valence-corrected chi connectivity index (χ2v) is 7.31. The van der Waals surface area contributed by atoms with E-state index >= 15 is 0 Å². The first-order valence-electron chi connectivity index (χ1n) is 9.39. The van der Waals surface area contributed by atoms with E-state index in [0.29, 0.717) is 17.2 Å². The van der Waals surface area contributed by atoms with Crippen molar-refractivity contribution in [2.45, 2.75) is 25.8 Å². The molecule has 0 aliphatic heterocycles. The third-order valence-electron chi connectivity index (χ3n) is 5.02. The molecular weight excluding hydrogens is 352 g/mol. The molecule has 6 nitrogen and oxygen atoms in total. The van der Waals surface area contributed by atoms with E-state index in [0.717, 1.165) is 29.7 Å². The number of amides is 1. The van der Waals surface area contributed by atoms with E-state index in [-0.39, 0.29) is 17.5 Å². The molecule has 6 heteroatoms. The Kier molecular flexibility index (Phi) is 4.77. The first-order valence-corrected chi connectivity index (χ1v) is 9.39. The summed E-state index contributed by atoms with van der Waals surface area (Å²) in [6, 6.07) is 14.4. The lowest BCUT2D eigenvalue weighted by Gasteiger charge is -2.18. The van der Waals surface area contributed by atoms with Crippen LogP contribution in [0.5, 0.6) is 0 Å². The van der Waals surface area contributed by atoms with Gasteiger partial charge in [0.15, 0.2) is 0 Å². The monoisotopic (exact) mass is 374 g/mol. The first kappa shape index (κ1) is 18.1. The highest BCUT2D eigenvalue weighted by molar-refractivity contribution is 5.95. The molecule has 142 valence electrons. The molecule has 1 fully saturated rings. The number of hydrogen-bond acceptors (Lipinski definition) is 4. The largest absolute Gasteiger partial charge is 0.343 e. The van der Waals surface area contributed by atoms with E-state index in [1.54, 1.807) is 31.4 Å². The van der Waals surface area contributed by atoms with E-state index in [4.69, 9.17) is 0 Å². The topological polar surface area (TPSA) is 76.9 Å². The van der Waals surface area contributed by atoms with Crippen molar-refractivity contribution < 1.29 is 4.79 Å². The van der Waals surface area contributed by atoms with E-state index in [2.05, 4.69) is 15.4 Å². The standard InChI is InChI=1S/C22H22N4O2/c1-14-10-11-23-19(12-14)21(15-6-7-15)24-22(28)17-5-3-4-16(13-17)18-8-9-20(27)26(2)25-18/h3-5,8-13,15,21H,6-7H2,1-2H3,(H,24,28)/t21-/m1/s1. The highest BCUT2D eigenvalue weighted by Gasteiger charge is 2.34. The number of pyridine rings is 1. The van der Waals surface area contributed by atoms with Gasteiger partial charge in [-0.05, 0) is 61.6 Å². The van der Waals surface area contributed by atoms with Crippen LogP contribution < -0.4 is 10.9 Å². The van der Waals surface area contributed by atoms with Crippen LogP contribution in [0.15, 0.2) is 59.5 Å². The zero-order valence-electron chi connectivity index (χ0n) is 15.9. The molecule has 1 amide bonds. The van der Waals surface area contributed by atoms with E-state index in [1.807, 2.05) is 31.2 Å². The van der Waals surface area contributed by atoms with Crippen LogP contribution >= 0.6 is 0 Å². The van der Waals surface area contributed by atoms with Crippen LogP contribution in [0.2, 0.25) is 0 Å². The molecule has 2 heterocycles. The van der Waals surface area contributed by atoms with E-state index in [9.17, 15) is 9.59 Å². The molecule has 28 heavy (non-hydrogen) atoms. The van der Waals surface area contributed by atoms with Gasteiger partial charge in [-0.25, -0.2) is 4.68 Å². The Morgan fingerprint density at radius 1 is 1.18 bits per heavy atom. The maximum Gasteiger partial charge on any atom is 0.266 e. The Labute approximate surface area is 163 Å². The molecule has 1 saturated carbocycles. The average molecular weight is 374 g/mol. The van der Waals surface area contributed by atoms with Gasteiger partial charge in [0.2, 0.25) is 0 Å². The Hall–Kier alpha value is -3.28. The summed E-state index contributed by atoms with van der Waals surface area (Å²) in [6.45, 7) is 2.03. The van der Waals surface area contributed by atoms with Crippen LogP contribution in [-0.4, -0.2) is 20.7 Å². The molecule has 4 rings (SSSR count). The van der Waals surface area contributed by atoms with Crippen molar-refractivity contribution in [3.05, 3.63) is 81.9 Å². The number of nitrogens with zero attached hydrogens (tertiary/aromatic N) is 3. The highest BCUT2D eigenvalue weighted by atomic mass is 16.1. The van der Waals surface area contributed by atoms with Gasteiger partial charge in [-0.3, -0.25) is 14.6 Å². The van der Waals surface area contributed by atoms with Gasteiger partial charge in [-0.2, -0.15) is 5.10 Å². The van der Waals surface area contributed by atoms with Crippen LogP contribution in [0.1, 0.15) is 40.5 Å². The second-order valence-electron chi connectivity index (χ2n) is 7.31. The normalized spacial score (nSPS) is 14.5. The van der Waals surface area contributed by atoms with Gasteiger partial charge in [-0.15, -0.1) is 0 Å². The van der Waals surface area contributed by atoms with Crippen molar-refractivity contribution in [2.24, 2.45) is 13.0 Å². The summed E-state index contributed by atoms with van der Waals surface area (Å²) < 4.78 is 1.29. The average Bonchev–Trinajstić information content (AvgIpc) is 3.53. The lowest BCUT2D eigenvalue weighted by atomic mass is 10.0. The molecule has 1 N–H and O–H groups in total. The number of benzene rings is 1. The Balaban J connectivity index is 1.59. The van der Waals surface area contributed by atoms with Gasteiger partial charge < -0.3 is 5.32 Å². The Morgan fingerprint density at radius 2 is 2.00 bits per heavy atom. The summed E-state index contributed by atoms with van der Waals surface area (Å²) in [6.07, 6.45) is 3.99. The second kappa shape index (κ2) is 7.38. The van der Waals surface area contributed by atoms with E-state index in [1.165, 1.54) is 10.7 Å². The maximum absolute atomic E-state index is 12.9. The highest BCUT2D eigenvalue weighted by Crippen LogP contribution is 2.40. The molecule has 0 saturated heterocycles. The number of aryl methyl sites for hydroxylation is 2. The molecule has 0 bridgehead atoms. The summed E-state index contributed by atoms with van der Waals surface area (Å²) in [7, 11) is 1.61. The third kappa shape index (κ3) is 3.86. The molecule has 1 aromatic carbocycles. The van der Waals surface area contributed by atoms with Crippen LogP contribution in [0.3, 0.4) is 0 Å². The van der Waals surface area contributed by atoms with Crippen molar-refractivity contribution in [2.75, 3.05) is 0 Å². The third-order valence-corrected chi connectivity index (χ3v) is 5.02. The number of aromatic nitrogens is 3. The fraction of sp³-hybridized carbons (Fsp3) is 0.273. The molecule has 2 aromatic heterocycles. The van der Waals surface area contributed by atoms with Gasteiger partial charge in [0.05, 0.1) is 17.4 Å². The molecule has 0 spiro atoms. The van der Waals surface area contributed by atoms with Crippen LogP contribution in [0.4, 0.5) is 0 Å². The Morgan fingerprint density at radius 3 is 2.71 bits per heavy atom. The minimum atomic E-state index is -0.171. The maximum atomic E-state index is 12.9. The summed E-state index contributed by atoms with van der Waals surface area (Å²) in [5.41, 5.74) is 3.87. The minimum Gasteiger partial charge on any atom is -0.343 e. The van der Waals surface area contributed by atoms with Gasteiger partial charge in [-0.1, -0.05) is 12.1 Å². The van der Waals surface area contributed by atoms with Crippen molar-refractivity contribution in [1.29, 1.82) is 0 Å². The van der Waals surface area contributed by atoms with Gasteiger partial charge >= 0.3 is 0 Å².